The smallest absolute Gasteiger partial charge is 0.348 e. The predicted octanol–water partition coefficient (Wildman–Crippen LogP) is 5.74. The predicted molar refractivity (Wildman–Crippen MR) is 114 cm³/mol. The van der Waals surface area contributed by atoms with Gasteiger partial charge in [-0.25, -0.2) is 23.4 Å². The maximum Gasteiger partial charge on any atom is 0.416 e. The van der Waals surface area contributed by atoms with Crippen LogP contribution in [0.1, 0.15) is 44.1 Å². The second kappa shape index (κ2) is 7.90. The molecule has 0 aliphatic carbocycles. The van der Waals surface area contributed by atoms with E-state index in [9.17, 15) is 22.0 Å². The fraction of sp³-hybridized carbons (Fsp3) is 0.500. The molecule has 2 aromatic heterocycles. The monoisotopic (exact) mass is 508 g/mol. The quantitative estimate of drug-likeness (QED) is 0.422. The van der Waals surface area contributed by atoms with E-state index in [0.29, 0.717) is 5.82 Å². The highest BCUT2D eigenvalue weighted by molar-refractivity contribution is 6.42. The molecule has 0 unspecified atom stereocenters. The maximum atomic E-state index is 13.9. The van der Waals surface area contributed by atoms with Crippen LogP contribution in [0.5, 0.6) is 0 Å². The SMILES string of the molecule is CC(C)(C)c1nc(N2CCC(F)(F)C2)c2nnn(Cc3c(C(F)(F)F)ccc(Cl)c3Cl)c2n1. The van der Waals surface area contributed by atoms with Gasteiger partial charge in [-0.2, -0.15) is 13.2 Å². The molecule has 0 amide bonds. The number of fused-ring (bicyclic) bond motifs is 1. The molecule has 3 heterocycles. The third-order valence-corrected chi connectivity index (χ3v) is 6.14. The molecule has 6 nitrogen and oxygen atoms in total. The molecule has 0 radical (unpaired) electrons. The highest BCUT2D eigenvalue weighted by atomic mass is 35.5. The zero-order valence-electron chi connectivity index (χ0n) is 17.8. The number of alkyl halides is 5. The second-order valence-corrected chi connectivity index (χ2v) is 9.74. The highest BCUT2D eigenvalue weighted by Crippen LogP contribution is 2.39. The van der Waals surface area contributed by atoms with Gasteiger partial charge in [0.2, 0.25) is 0 Å². The molecule has 33 heavy (non-hydrogen) atoms. The van der Waals surface area contributed by atoms with E-state index >= 15 is 0 Å². The van der Waals surface area contributed by atoms with Crippen LogP contribution in [-0.2, 0) is 18.1 Å². The minimum absolute atomic E-state index is 0.0471. The summed E-state index contributed by atoms with van der Waals surface area (Å²) in [6.45, 7) is 4.57. The van der Waals surface area contributed by atoms with Gasteiger partial charge in [-0.05, 0) is 12.1 Å². The molecular formula is C20H19Cl2F5N6. The van der Waals surface area contributed by atoms with Gasteiger partial charge >= 0.3 is 6.18 Å². The summed E-state index contributed by atoms with van der Waals surface area (Å²) in [7, 11) is 0. The Hall–Kier alpha value is -2.27. The van der Waals surface area contributed by atoms with Crippen molar-refractivity contribution < 1.29 is 22.0 Å². The number of aromatic nitrogens is 5. The first kappa shape index (κ1) is 23.9. The van der Waals surface area contributed by atoms with Gasteiger partial charge in [0.25, 0.3) is 5.92 Å². The molecule has 1 aromatic carbocycles. The minimum Gasteiger partial charge on any atom is -0.348 e. The molecule has 1 fully saturated rings. The van der Waals surface area contributed by atoms with Crippen LogP contribution in [0.3, 0.4) is 0 Å². The molecule has 178 valence electrons. The third kappa shape index (κ3) is 4.57. The average Bonchev–Trinajstić information content (AvgIpc) is 3.26. The topological polar surface area (TPSA) is 59.7 Å². The van der Waals surface area contributed by atoms with Crippen LogP contribution in [-0.4, -0.2) is 44.0 Å². The van der Waals surface area contributed by atoms with Crippen molar-refractivity contribution in [1.82, 2.24) is 25.0 Å². The van der Waals surface area contributed by atoms with E-state index in [2.05, 4.69) is 20.3 Å². The Morgan fingerprint density at radius 3 is 2.36 bits per heavy atom. The molecule has 4 rings (SSSR count). The van der Waals surface area contributed by atoms with Gasteiger partial charge < -0.3 is 4.90 Å². The van der Waals surface area contributed by atoms with Crippen molar-refractivity contribution in [3.8, 4) is 0 Å². The average molecular weight is 509 g/mol. The Balaban J connectivity index is 1.88. The largest absolute Gasteiger partial charge is 0.416 e. The van der Waals surface area contributed by atoms with Gasteiger partial charge in [-0.3, -0.25) is 0 Å². The zero-order chi connectivity index (χ0) is 24.3. The Morgan fingerprint density at radius 2 is 1.79 bits per heavy atom. The van der Waals surface area contributed by atoms with Crippen LogP contribution in [0.25, 0.3) is 11.2 Å². The number of benzene rings is 1. The second-order valence-electron chi connectivity index (χ2n) is 8.95. The Bertz CT molecular complexity index is 1220. The number of nitrogens with zero attached hydrogens (tertiary/aromatic N) is 6. The molecule has 1 aliphatic heterocycles. The summed E-state index contributed by atoms with van der Waals surface area (Å²) in [5.74, 6) is -2.40. The van der Waals surface area contributed by atoms with Crippen molar-refractivity contribution in [3.05, 3.63) is 39.1 Å². The summed E-state index contributed by atoms with van der Waals surface area (Å²) in [6, 6.07) is 1.91. The van der Waals surface area contributed by atoms with E-state index in [4.69, 9.17) is 23.2 Å². The van der Waals surface area contributed by atoms with E-state index < -0.39 is 36.2 Å². The molecule has 0 saturated carbocycles. The fourth-order valence-electron chi connectivity index (χ4n) is 3.58. The number of halogens is 7. The van der Waals surface area contributed by atoms with Gasteiger partial charge in [0.1, 0.15) is 5.82 Å². The van der Waals surface area contributed by atoms with Crippen molar-refractivity contribution in [2.45, 2.75) is 51.3 Å². The van der Waals surface area contributed by atoms with Crippen molar-refractivity contribution >= 4 is 40.2 Å². The van der Waals surface area contributed by atoms with Crippen molar-refractivity contribution in [3.63, 3.8) is 0 Å². The van der Waals surface area contributed by atoms with Crippen LogP contribution in [0.4, 0.5) is 27.8 Å². The van der Waals surface area contributed by atoms with Crippen LogP contribution >= 0.6 is 23.2 Å². The Kier molecular flexibility index (Phi) is 5.72. The molecule has 13 heteroatoms. The molecule has 0 spiro atoms. The summed E-state index contributed by atoms with van der Waals surface area (Å²) in [4.78, 5) is 10.3. The maximum absolute atomic E-state index is 13.9. The van der Waals surface area contributed by atoms with Gasteiger partial charge in [0, 0.05) is 23.9 Å². The molecule has 1 saturated heterocycles. The summed E-state index contributed by atoms with van der Waals surface area (Å²) in [5, 5.41) is 7.66. The zero-order valence-corrected chi connectivity index (χ0v) is 19.3. The fourth-order valence-corrected chi connectivity index (χ4v) is 3.99. The van der Waals surface area contributed by atoms with Crippen LogP contribution in [0.2, 0.25) is 10.0 Å². The van der Waals surface area contributed by atoms with E-state index in [1.165, 1.54) is 4.90 Å². The van der Waals surface area contributed by atoms with Crippen LogP contribution < -0.4 is 4.90 Å². The van der Waals surface area contributed by atoms with Gasteiger partial charge in [0.05, 0.1) is 28.7 Å². The molecule has 1 aliphatic rings. The van der Waals surface area contributed by atoms with Crippen LogP contribution in [0.15, 0.2) is 12.1 Å². The normalized spacial score (nSPS) is 16.7. The lowest BCUT2D eigenvalue weighted by Crippen LogP contribution is -2.27. The summed E-state index contributed by atoms with van der Waals surface area (Å²) >= 11 is 12.1. The van der Waals surface area contributed by atoms with Gasteiger partial charge in [-0.1, -0.05) is 49.2 Å². The minimum atomic E-state index is -4.68. The molecule has 3 aromatic rings. The lowest BCUT2D eigenvalue weighted by molar-refractivity contribution is -0.138. The third-order valence-electron chi connectivity index (χ3n) is 5.29. The summed E-state index contributed by atoms with van der Waals surface area (Å²) in [5.41, 5.74) is -1.61. The van der Waals surface area contributed by atoms with Gasteiger partial charge in [0.15, 0.2) is 17.0 Å². The Labute approximate surface area is 195 Å². The van der Waals surface area contributed by atoms with E-state index in [1.54, 1.807) is 0 Å². The number of rotatable bonds is 3. The molecular weight excluding hydrogens is 490 g/mol. The van der Waals surface area contributed by atoms with Crippen molar-refractivity contribution in [1.29, 1.82) is 0 Å². The number of hydrogen-bond acceptors (Lipinski definition) is 5. The van der Waals surface area contributed by atoms with Crippen LogP contribution in [0, 0.1) is 0 Å². The highest BCUT2D eigenvalue weighted by Gasteiger charge is 2.40. The molecule has 0 bridgehead atoms. The molecule has 0 atom stereocenters. The summed E-state index contributed by atoms with van der Waals surface area (Å²) in [6.07, 6.45) is -5.03. The first-order valence-corrected chi connectivity index (χ1v) is 10.7. The van der Waals surface area contributed by atoms with Crippen molar-refractivity contribution in [2.24, 2.45) is 0 Å². The molecule has 0 N–H and O–H groups in total. The Morgan fingerprint density at radius 1 is 1.09 bits per heavy atom. The van der Waals surface area contributed by atoms with E-state index in [1.807, 2.05) is 20.8 Å². The van der Waals surface area contributed by atoms with E-state index in [0.717, 1.165) is 16.8 Å². The first-order valence-electron chi connectivity index (χ1n) is 9.96. The lowest BCUT2D eigenvalue weighted by Gasteiger charge is -2.22. The first-order chi connectivity index (χ1) is 15.2. The number of hydrogen-bond donors (Lipinski definition) is 0. The van der Waals surface area contributed by atoms with E-state index in [-0.39, 0.29) is 45.6 Å². The standard InChI is InChI=1S/C20H19Cl2F5N6/c1-18(2,3)17-28-15(32-7-6-19(23,24)9-32)14-16(29-17)33(31-30-14)8-10-11(20(25,26)27)4-5-12(21)13(10)22/h4-5H,6-9H2,1-3H3. The lowest BCUT2D eigenvalue weighted by atomic mass is 9.96. The summed E-state index contributed by atoms with van der Waals surface area (Å²) < 4.78 is 69.8. The number of anilines is 1. The van der Waals surface area contributed by atoms with Crippen molar-refractivity contribution in [2.75, 3.05) is 18.0 Å². The van der Waals surface area contributed by atoms with Gasteiger partial charge in [-0.15, -0.1) is 5.10 Å².